The zero-order valence-electron chi connectivity index (χ0n) is 21.9. The Morgan fingerprint density at radius 2 is 1.90 bits per heavy atom. The summed E-state index contributed by atoms with van der Waals surface area (Å²) in [6, 6.07) is 9.59. The minimum atomic E-state index is -0.903. The van der Waals surface area contributed by atoms with Gasteiger partial charge in [-0.05, 0) is 56.7 Å². The van der Waals surface area contributed by atoms with Gasteiger partial charge in [-0.1, -0.05) is 30.1 Å². The van der Waals surface area contributed by atoms with Crippen molar-refractivity contribution in [1.82, 2.24) is 19.3 Å². The highest BCUT2D eigenvalue weighted by atomic mass is 35.5. The van der Waals surface area contributed by atoms with Crippen LogP contribution in [-0.4, -0.2) is 37.6 Å². The van der Waals surface area contributed by atoms with Gasteiger partial charge in [0.1, 0.15) is 17.4 Å². The first kappa shape index (κ1) is 27.5. The quantitative estimate of drug-likeness (QED) is 0.344. The number of fused-ring (bicyclic) bond motifs is 3. The average molecular weight is 584 g/mol. The lowest BCUT2D eigenvalue weighted by molar-refractivity contribution is 0.0499. The zero-order chi connectivity index (χ0) is 28.9. The lowest BCUT2D eigenvalue weighted by Crippen LogP contribution is -2.33. The van der Waals surface area contributed by atoms with Crippen molar-refractivity contribution in [3.63, 3.8) is 0 Å². The van der Waals surface area contributed by atoms with E-state index in [1.807, 2.05) is 11.9 Å². The Morgan fingerprint density at radius 3 is 2.55 bits per heavy atom. The molecule has 0 radical (unpaired) electrons. The van der Waals surface area contributed by atoms with E-state index in [0.29, 0.717) is 17.9 Å². The van der Waals surface area contributed by atoms with Gasteiger partial charge in [0, 0.05) is 11.3 Å². The number of halogens is 2. The Kier molecular flexibility index (Phi) is 6.95. The second-order valence-electron chi connectivity index (χ2n) is 10.2. The molecular weight excluding hydrogens is 561 g/mol. The van der Waals surface area contributed by atoms with Crippen molar-refractivity contribution in [3.8, 4) is 23.3 Å². The van der Waals surface area contributed by atoms with Gasteiger partial charge < -0.3 is 14.2 Å². The molecule has 2 aromatic carbocycles. The van der Waals surface area contributed by atoms with Gasteiger partial charge in [-0.15, -0.1) is 5.10 Å². The Labute approximate surface area is 237 Å². The van der Waals surface area contributed by atoms with Gasteiger partial charge in [-0.25, -0.2) is 14.2 Å². The lowest BCUT2D eigenvalue weighted by Gasteiger charge is -2.23. The number of nitrogens with zero attached hydrogens (tertiary/aromatic N) is 4. The van der Waals surface area contributed by atoms with E-state index >= 15 is 0 Å². The molecule has 2 aromatic heterocycles. The maximum absolute atomic E-state index is 13.2. The number of carbonyl (C=O) groups excluding carboxylic acids is 1. The molecule has 1 atom stereocenters. The highest BCUT2D eigenvalue weighted by Crippen LogP contribution is 2.41. The first-order valence-electron chi connectivity index (χ1n) is 12.2. The molecule has 4 aromatic rings. The number of carbonyl (C=O) groups is 1. The first-order chi connectivity index (χ1) is 18.9. The summed E-state index contributed by atoms with van der Waals surface area (Å²) in [6.45, 7) is 8.18. The SMILES string of the molecule is CC1COCc2c1c1cc(Oc3c(Cl)cc(-n4nc(C#N)c(=O)[nH]c4=O)cc3Cl)ccc1n2C(=O)OC(C)(C)C. The number of nitrogens with one attached hydrogen (secondary N) is 1. The summed E-state index contributed by atoms with van der Waals surface area (Å²) in [5, 5.41) is 13.8. The molecule has 11 nitrogen and oxygen atoms in total. The van der Waals surface area contributed by atoms with Gasteiger partial charge >= 0.3 is 11.8 Å². The van der Waals surface area contributed by atoms with Crippen LogP contribution in [0.4, 0.5) is 4.79 Å². The Balaban J connectivity index is 1.56. The number of aromatic amines is 1. The molecule has 0 aliphatic carbocycles. The number of ether oxygens (including phenoxy) is 3. The molecule has 1 aliphatic heterocycles. The maximum atomic E-state index is 13.2. The van der Waals surface area contributed by atoms with E-state index in [9.17, 15) is 14.4 Å². The minimum absolute atomic E-state index is 0.0121. The third kappa shape index (κ3) is 4.97. The van der Waals surface area contributed by atoms with E-state index < -0.39 is 28.6 Å². The molecule has 206 valence electrons. The van der Waals surface area contributed by atoms with Crippen LogP contribution in [0.15, 0.2) is 39.9 Å². The van der Waals surface area contributed by atoms with Crippen LogP contribution in [-0.2, 0) is 16.1 Å². The van der Waals surface area contributed by atoms with Crippen LogP contribution in [0.25, 0.3) is 16.6 Å². The zero-order valence-corrected chi connectivity index (χ0v) is 23.4. The van der Waals surface area contributed by atoms with Crippen molar-refractivity contribution < 1.29 is 19.0 Å². The number of nitriles is 1. The van der Waals surface area contributed by atoms with Crippen molar-refractivity contribution in [2.24, 2.45) is 0 Å². The second-order valence-corrected chi connectivity index (χ2v) is 11.1. The summed E-state index contributed by atoms with van der Waals surface area (Å²) in [5.41, 5.74) is -0.510. The number of rotatable bonds is 3. The molecule has 0 spiro atoms. The molecule has 1 unspecified atom stereocenters. The topological polar surface area (TPSA) is 141 Å². The van der Waals surface area contributed by atoms with Crippen LogP contribution < -0.4 is 16.0 Å². The van der Waals surface area contributed by atoms with Gasteiger partial charge in [0.2, 0.25) is 5.69 Å². The lowest BCUT2D eigenvalue weighted by atomic mass is 9.96. The van der Waals surface area contributed by atoms with Crippen LogP contribution >= 0.6 is 23.2 Å². The van der Waals surface area contributed by atoms with Crippen LogP contribution in [0.5, 0.6) is 11.5 Å². The van der Waals surface area contributed by atoms with Crippen LogP contribution in [0.1, 0.15) is 50.6 Å². The van der Waals surface area contributed by atoms with Crippen molar-refractivity contribution in [2.75, 3.05) is 6.61 Å². The molecule has 1 N–H and O–H groups in total. The normalized spacial score (nSPS) is 15.0. The highest BCUT2D eigenvalue weighted by Gasteiger charge is 2.30. The molecule has 40 heavy (non-hydrogen) atoms. The van der Waals surface area contributed by atoms with Crippen molar-refractivity contribution in [1.29, 1.82) is 5.26 Å². The number of benzene rings is 2. The maximum Gasteiger partial charge on any atom is 0.419 e. The predicted molar refractivity (Wildman–Crippen MR) is 147 cm³/mol. The fourth-order valence-electron chi connectivity index (χ4n) is 4.57. The van der Waals surface area contributed by atoms with E-state index in [2.05, 4.69) is 5.10 Å². The largest absolute Gasteiger partial charge is 0.454 e. The monoisotopic (exact) mass is 583 g/mol. The van der Waals surface area contributed by atoms with E-state index in [-0.39, 0.29) is 34.0 Å². The molecule has 1 aliphatic rings. The summed E-state index contributed by atoms with van der Waals surface area (Å²) in [4.78, 5) is 39.2. The van der Waals surface area contributed by atoms with Gasteiger partial charge in [-0.2, -0.15) is 9.94 Å². The fraction of sp³-hybridized carbons (Fsp3) is 0.296. The third-order valence-electron chi connectivity index (χ3n) is 6.14. The standard InChI is InChI=1S/C27H23Cl2N5O6/c1-13-11-38-12-21-22(13)16-9-15(5-6-20(16)33(21)26(37)40-27(2,3)4)39-23-17(28)7-14(8-18(23)29)34-25(36)31-24(35)19(10-30)32-34/h5-9,13H,11-12H2,1-4H3,(H,31,35,36). The Bertz CT molecular complexity index is 1820. The molecule has 13 heteroatoms. The number of H-pyrrole nitrogens is 1. The van der Waals surface area contributed by atoms with Crippen molar-refractivity contribution in [2.45, 2.75) is 45.8 Å². The predicted octanol–water partition coefficient (Wildman–Crippen LogP) is 5.26. The first-order valence-corrected chi connectivity index (χ1v) is 12.9. The van der Waals surface area contributed by atoms with E-state index in [1.54, 1.807) is 45.0 Å². The fourth-order valence-corrected chi connectivity index (χ4v) is 5.12. The van der Waals surface area contributed by atoms with Crippen LogP contribution in [0, 0.1) is 11.3 Å². The van der Waals surface area contributed by atoms with Gasteiger partial charge in [-0.3, -0.25) is 9.78 Å². The van der Waals surface area contributed by atoms with Crippen LogP contribution in [0.3, 0.4) is 0 Å². The number of hydrogen-bond donors (Lipinski definition) is 1. The third-order valence-corrected chi connectivity index (χ3v) is 6.70. The van der Waals surface area contributed by atoms with Gasteiger partial charge in [0.15, 0.2) is 5.75 Å². The molecular formula is C27H23Cl2N5O6. The average Bonchev–Trinajstić information content (AvgIpc) is 3.20. The smallest absolute Gasteiger partial charge is 0.419 e. The summed E-state index contributed by atoms with van der Waals surface area (Å²) in [5.74, 6) is 0.525. The van der Waals surface area contributed by atoms with Crippen molar-refractivity contribution >= 4 is 40.2 Å². The number of hydrogen-bond acceptors (Lipinski definition) is 8. The molecule has 5 rings (SSSR count). The van der Waals surface area contributed by atoms with E-state index in [0.717, 1.165) is 21.3 Å². The molecule has 0 amide bonds. The summed E-state index contributed by atoms with van der Waals surface area (Å²) in [7, 11) is 0. The molecule has 0 fully saturated rings. The molecule has 0 saturated heterocycles. The molecule has 3 heterocycles. The summed E-state index contributed by atoms with van der Waals surface area (Å²) >= 11 is 13.0. The van der Waals surface area contributed by atoms with E-state index in [4.69, 9.17) is 42.7 Å². The Morgan fingerprint density at radius 1 is 1.20 bits per heavy atom. The van der Waals surface area contributed by atoms with Gasteiger partial charge in [0.05, 0.1) is 40.2 Å². The molecule has 0 bridgehead atoms. The molecule has 0 saturated carbocycles. The van der Waals surface area contributed by atoms with Gasteiger partial charge in [0.25, 0.3) is 5.56 Å². The summed E-state index contributed by atoms with van der Waals surface area (Å²) in [6.07, 6.45) is -0.502. The van der Waals surface area contributed by atoms with E-state index in [1.165, 1.54) is 16.7 Å². The Hall–Kier alpha value is -4.11. The highest BCUT2D eigenvalue weighted by molar-refractivity contribution is 6.37. The second kappa shape index (κ2) is 10.1. The van der Waals surface area contributed by atoms with Crippen molar-refractivity contribution in [3.05, 3.63) is 78.2 Å². The number of aromatic nitrogens is 4. The van der Waals surface area contributed by atoms with Crippen LogP contribution in [0.2, 0.25) is 10.0 Å². The minimum Gasteiger partial charge on any atom is -0.454 e. The summed E-state index contributed by atoms with van der Waals surface area (Å²) < 4.78 is 19.8.